The van der Waals surface area contributed by atoms with Gasteiger partial charge in [0.05, 0.1) is 16.7 Å². The third-order valence-electron chi connectivity index (χ3n) is 3.69. The molecule has 0 aliphatic carbocycles. The summed E-state index contributed by atoms with van der Waals surface area (Å²) in [5.41, 5.74) is 0. The van der Waals surface area contributed by atoms with E-state index < -0.39 is 0 Å². The molecule has 4 nitrogen and oxygen atoms in total. The maximum Gasteiger partial charge on any atom is 0.232 e. The summed E-state index contributed by atoms with van der Waals surface area (Å²) in [5, 5.41) is 0. The molecule has 20 heavy (non-hydrogen) atoms. The van der Waals surface area contributed by atoms with Crippen molar-refractivity contribution in [1.82, 2.24) is 9.88 Å². The zero-order valence-electron chi connectivity index (χ0n) is 11.4. The number of hydrogen-bond donors (Lipinski definition) is 0. The van der Waals surface area contributed by atoms with E-state index >= 15 is 0 Å². The minimum atomic E-state index is 0.237. The standard InChI is InChI=1S/C14H18N2O2S2/c1-19-8-13(17)16-9-14(10-16)5-12(7-20-14)18-11-3-2-4-15-6-11/h2-4,6,12H,5,7-10H2,1H3/t12-/m1/s1. The number of hydrogen-bond acceptors (Lipinski definition) is 5. The number of likely N-dealkylation sites (tertiary alicyclic amines) is 1. The van der Waals surface area contributed by atoms with E-state index in [0.717, 1.165) is 31.0 Å². The normalized spacial score (nSPS) is 23.6. The molecule has 3 heterocycles. The first-order valence-corrected chi connectivity index (χ1v) is 9.06. The minimum Gasteiger partial charge on any atom is -0.488 e. The van der Waals surface area contributed by atoms with Crippen LogP contribution in [-0.2, 0) is 4.79 Å². The van der Waals surface area contributed by atoms with Crippen molar-refractivity contribution in [3.05, 3.63) is 24.5 Å². The van der Waals surface area contributed by atoms with Gasteiger partial charge in [-0.1, -0.05) is 0 Å². The van der Waals surface area contributed by atoms with E-state index in [-0.39, 0.29) is 16.8 Å². The Morgan fingerprint density at radius 2 is 2.50 bits per heavy atom. The number of carbonyl (C=O) groups is 1. The summed E-state index contributed by atoms with van der Waals surface area (Å²) in [7, 11) is 0. The Bertz CT molecular complexity index is 477. The smallest absolute Gasteiger partial charge is 0.232 e. The molecule has 3 rings (SSSR count). The Balaban J connectivity index is 1.50. The van der Waals surface area contributed by atoms with E-state index in [9.17, 15) is 4.79 Å². The zero-order chi connectivity index (χ0) is 14.0. The zero-order valence-corrected chi connectivity index (χ0v) is 13.1. The second-order valence-corrected chi connectivity index (χ2v) is 7.66. The molecular formula is C14H18N2O2S2. The fraction of sp³-hybridized carbons (Fsp3) is 0.571. The van der Waals surface area contributed by atoms with Crippen LogP contribution in [0.5, 0.6) is 5.75 Å². The Kier molecular flexibility index (Phi) is 4.12. The molecule has 2 aliphatic heterocycles. The second kappa shape index (κ2) is 5.85. The van der Waals surface area contributed by atoms with Crippen LogP contribution in [0.15, 0.2) is 24.5 Å². The quantitative estimate of drug-likeness (QED) is 0.850. The van der Waals surface area contributed by atoms with E-state index in [0.29, 0.717) is 5.75 Å². The average Bonchev–Trinajstić information content (AvgIpc) is 2.83. The first-order valence-electron chi connectivity index (χ1n) is 6.68. The van der Waals surface area contributed by atoms with Crippen LogP contribution in [0.3, 0.4) is 0 Å². The van der Waals surface area contributed by atoms with Gasteiger partial charge < -0.3 is 9.64 Å². The lowest BCUT2D eigenvalue weighted by molar-refractivity contribution is -0.133. The first kappa shape index (κ1) is 14.1. The van der Waals surface area contributed by atoms with Gasteiger partial charge in [0, 0.05) is 31.5 Å². The highest BCUT2D eigenvalue weighted by atomic mass is 32.2. The van der Waals surface area contributed by atoms with Crippen LogP contribution in [-0.4, -0.2) is 57.5 Å². The van der Waals surface area contributed by atoms with Crippen LogP contribution < -0.4 is 4.74 Å². The Labute approximate surface area is 127 Å². The number of aromatic nitrogens is 1. The second-order valence-electron chi connectivity index (χ2n) is 5.31. The third-order valence-corrected chi connectivity index (χ3v) is 5.80. The van der Waals surface area contributed by atoms with E-state index in [1.54, 1.807) is 24.2 Å². The Hall–Kier alpha value is -0.880. The van der Waals surface area contributed by atoms with Crippen molar-refractivity contribution in [2.45, 2.75) is 17.3 Å². The molecule has 1 spiro atoms. The summed E-state index contributed by atoms with van der Waals surface area (Å²) in [6.07, 6.45) is 6.73. The molecule has 2 aliphatic rings. The summed E-state index contributed by atoms with van der Waals surface area (Å²) < 4.78 is 6.20. The highest BCUT2D eigenvalue weighted by Gasteiger charge is 2.51. The maximum absolute atomic E-state index is 11.8. The largest absolute Gasteiger partial charge is 0.488 e. The van der Waals surface area contributed by atoms with E-state index in [4.69, 9.17) is 4.74 Å². The minimum absolute atomic E-state index is 0.237. The number of nitrogens with zero attached hydrogens (tertiary/aromatic N) is 2. The molecule has 1 amide bonds. The van der Waals surface area contributed by atoms with Crippen molar-refractivity contribution >= 4 is 29.4 Å². The van der Waals surface area contributed by atoms with E-state index in [1.807, 2.05) is 35.1 Å². The number of rotatable bonds is 4. The van der Waals surface area contributed by atoms with Crippen LogP contribution in [0.4, 0.5) is 0 Å². The Morgan fingerprint density at radius 3 is 3.20 bits per heavy atom. The molecule has 108 valence electrons. The lowest BCUT2D eigenvalue weighted by atomic mass is 9.93. The maximum atomic E-state index is 11.8. The van der Waals surface area contributed by atoms with Crippen LogP contribution in [0.1, 0.15) is 6.42 Å². The van der Waals surface area contributed by atoms with Gasteiger partial charge in [-0.25, -0.2) is 0 Å². The van der Waals surface area contributed by atoms with Crippen LogP contribution in [0, 0.1) is 0 Å². The van der Waals surface area contributed by atoms with Crippen molar-refractivity contribution in [3.63, 3.8) is 0 Å². The van der Waals surface area contributed by atoms with Crippen molar-refractivity contribution in [1.29, 1.82) is 0 Å². The van der Waals surface area contributed by atoms with Gasteiger partial charge in [-0.2, -0.15) is 11.8 Å². The molecule has 0 saturated carbocycles. The Morgan fingerprint density at radius 1 is 1.65 bits per heavy atom. The lowest BCUT2D eigenvalue weighted by Gasteiger charge is -2.47. The van der Waals surface area contributed by atoms with E-state index in [1.165, 1.54) is 0 Å². The molecule has 1 atom stereocenters. The number of pyridine rings is 1. The van der Waals surface area contributed by atoms with Gasteiger partial charge >= 0.3 is 0 Å². The molecule has 0 aromatic carbocycles. The molecule has 0 N–H and O–H groups in total. The van der Waals surface area contributed by atoms with Crippen molar-refractivity contribution in [3.8, 4) is 5.75 Å². The van der Waals surface area contributed by atoms with Gasteiger partial charge in [0.25, 0.3) is 0 Å². The molecule has 1 aromatic heterocycles. The fourth-order valence-corrected chi connectivity index (χ4v) is 4.70. The van der Waals surface area contributed by atoms with Crippen LogP contribution in [0.25, 0.3) is 0 Å². The monoisotopic (exact) mass is 310 g/mol. The SMILES string of the molecule is CSCC(=O)N1CC2(C[C@@H](Oc3cccnc3)CS2)C1. The molecule has 1 aromatic rings. The number of ether oxygens (including phenoxy) is 1. The summed E-state index contributed by atoms with van der Waals surface area (Å²) in [6, 6.07) is 3.83. The fourth-order valence-electron chi connectivity index (χ4n) is 2.75. The highest BCUT2D eigenvalue weighted by Crippen LogP contribution is 2.46. The molecule has 0 unspecified atom stereocenters. The van der Waals surface area contributed by atoms with Crippen LogP contribution in [0.2, 0.25) is 0 Å². The van der Waals surface area contributed by atoms with Gasteiger partial charge in [0.15, 0.2) is 0 Å². The van der Waals surface area contributed by atoms with Gasteiger partial charge in [0.1, 0.15) is 11.9 Å². The molecule has 2 fully saturated rings. The van der Waals surface area contributed by atoms with Crippen molar-refractivity contribution in [2.24, 2.45) is 0 Å². The summed E-state index contributed by atoms with van der Waals surface area (Å²) in [6.45, 7) is 1.76. The van der Waals surface area contributed by atoms with Gasteiger partial charge in [-0.15, -0.1) is 11.8 Å². The summed E-state index contributed by atoms with van der Waals surface area (Å²) in [5.74, 6) is 2.70. The first-order chi connectivity index (χ1) is 9.71. The highest BCUT2D eigenvalue weighted by molar-refractivity contribution is 8.01. The molecule has 0 radical (unpaired) electrons. The predicted octanol–water partition coefficient (Wildman–Crippen LogP) is 1.91. The van der Waals surface area contributed by atoms with Crippen molar-refractivity contribution in [2.75, 3.05) is 30.9 Å². The van der Waals surface area contributed by atoms with E-state index in [2.05, 4.69) is 4.98 Å². The molecule has 2 saturated heterocycles. The molecular weight excluding hydrogens is 292 g/mol. The van der Waals surface area contributed by atoms with Gasteiger partial charge in [-0.05, 0) is 18.4 Å². The average molecular weight is 310 g/mol. The third kappa shape index (κ3) is 2.91. The van der Waals surface area contributed by atoms with Crippen molar-refractivity contribution < 1.29 is 9.53 Å². The lowest BCUT2D eigenvalue weighted by Crippen LogP contribution is -2.61. The topological polar surface area (TPSA) is 42.4 Å². The predicted molar refractivity (Wildman–Crippen MR) is 83.4 cm³/mol. The summed E-state index contributed by atoms with van der Waals surface area (Å²) >= 11 is 3.54. The van der Waals surface area contributed by atoms with Gasteiger partial charge in [0.2, 0.25) is 5.91 Å². The number of carbonyl (C=O) groups excluding carboxylic acids is 1. The molecule has 0 bridgehead atoms. The van der Waals surface area contributed by atoms with Gasteiger partial charge in [-0.3, -0.25) is 9.78 Å². The summed E-state index contributed by atoms with van der Waals surface area (Å²) in [4.78, 5) is 17.8. The molecule has 6 heteroatoms. The van der Waals surface area contributed by atoms with Crippen LogP contribution >= 0.6 is 23.5 Å². The number of amides is 1. The number of thioether (sulfide) groups is 2.